The van der Waals surface area contributed by atoms with E-state index in [1.54, 1.807) is 0 Å². The molecule has 2 unspecified atom stereocenters. The van der Waals surface area contributed by atoms with Crippen LogP contribution in [-0.2, 0) is 10.2 Å². The summed E-state index contributed by atoms with van der Waals surface area (Å²) in [4.78, 5) is 23.3. The number of hydrogen-bond acceptors (Lipinski definition) is 3. The molecule has 6 heteroatoms. The van der Waals surface area contributed by atoms with Gasteiger partial charge >= 0.3 is 5.97 Å². The lowest BCUT2D eigenvalue weighted by Gasteiger charge is -2.22. The molecule has 1 aromatic carbocycles. The fourth-order valence-corrected chi connectivity index (χ4v) is 3.96. The Labute approximate surface area is 117 Å². The highest BCUT2D eigenvalue weighted by Gasteiger charge is 2.52. The molecular formula is C13H12BrNO4. The lowest BCUT2D eigenvalue weighted by atomic mass is 9.80. The number of aromatic carboxylic acids is 1. The highest BCUT2D eigenvalue weighted by atomic mass is 79.9. The highest BCUT2D eigenvalue weighted by Crippen LogP contribution is 2.51. The van der Waals surface area contributed by atoms with Crippen molar-refractivity contribution in [2.75, 3.05) is 5.32 Å². The van der Waals surface area contributed by atoms with Gasteiger partial charge in [0, 0.05) is 15.7 Å². The van der Waals surface area contributed by atoms with E-state index < -0.39 is 17.5 Å². The van der Waals surface area contributed by atoms with Crippen molar-refractivity contribution in [1.82, 2.24) is 0 Å². The Kier molecular flexibility index (Phi) is 2.69. The van der Waals surface area contributed by atoms with E-state index in [1.165, 1.54) is 12.1 Å². The van der Waals surface area contributed by atoms with E-state index in [-0.39, 0.29) is 11.5 Å². The molecule has 0 bridgehead atoms. The van der Waals surface area contributed by atoms with Gasteiger partial charge in [0.25, 0.3) is 0 Å². The summed E-state index contributed by atoms with van der Waals surface area (Å²) in [5.41, 5.74) is 0.719. The van der Waals surface area contributed by atoms with Crippen LogP contribution in [-0.4, -0.2) is 28.2 Å². The number of carboxylic acid groups (broad SMARTS) is 1. The van der Waals surface area contributed by atoms with E-state index in [4.69, 9.17) is 5.11 Å². The quantitative estimate of drug-likeness (QED) is 0.735. The van der Waals surface area contributed by atoms with Crippen molar-refractivity contribution in [1.29, 1.82) is 0 Å². The van der Waals surface area contributed by atoms with Crippen LogP contribution in [0.15, 0.2) is 16.6 Å². The number of benzene rings is 1. The van der Waals surface area contributed by atoms with E-state index in [0.717, 1.165) is 5.56 Å². The third-order valence-corrected chi connectivity index (χ3v) is 4.61. The summed E-state index contributed by atoms with van der Waals surface area (Å²) in [6.07, 6.45) is 1.07. The van der Waals surface area contributed by atoms with Crippen LogP contribution in [0.2, 0.25) is 0 Å². The van der Waals surface area contributed by atoms with Gasteiger partial charge in [-0.05, 0) is 31.4 Å². The monoisotopic (exact) mass is 325 g/mol. The van der Waals surface area contributed by atoms with Gasteiger partial charge in [-0.25, -0.2) is 4.79 Å². The largest absolute Gasteiger partial charge is 0.478 e. The summed E-state index contributed by atoms with van der Waals surface area (Å²) in [5, 5.41) is 21.5. The molecule has 2 atom stereocenters. The van der Waals surface area contributed by atoms with Gasteiger partial charge in [-0.2, -0.15) is 0 Å². The second-order valence-corrected chi connectivity index (χ2v) is 5.97. The smallest absolute Gasteiger partial charge is 0.335 e. The molecule has 100 valence electrons. The van der Waals surface area contributed by atoms with Crippen LogP contribution in [0.25, 0.3) is 0 Å². The standard InChI is InChI=1S/C13H12BrNO4/c14-8-3-6(11(17)18)4-9-10(8)13(12(19)15-9)2-1-7(16)5-13/h3-4,7,16H,1-2,5H2,(H,15,19)(H,17,18). The zero-order chi connectivity index (χ0) is 13.8. The minimum absolute atomic E-state index is 0.126. The number of hydrogen-bond donors (Lipinski definition) is 3. The van der Waals surface area contributed by atoms with E-state index in [1.807, 2.05) is 0 Å². The molecular weight excluding hydrogens is 314 g/mol. The second-order valence-electron chi connectivity index (χ2n) is 5.12. The Morgan fingerprint density at radius 3 is 2.79 bits per heavy atom. The number of fused-ring (bicyclic) bond motifs is 2. The lowest BCUT2D eigenvalue weighted by Crippen LogP contribution is -2.32. The van der Waals surface area contributed by atoms with Gasteiger partial charge < -0.3 is 15.5 Å². The number of carbonyl (C=O) groups excluding carboxylic acids is 1. The van der Waals surface area contributed by atoms with Gasteiger partial charge in [0.15, 0.2) is 0 Å². The molecule has 2 aliphatic rings. The number of nitrogens with one attached hydrogen (secondary N) is 1. The molecule has 3 N–H and O–H groups in total. The molecule has 19 heavy (non-hydrogen) atoms. The first kappa shape index (κ1) is 12.6. The second kappa shape index (κ2) is 4.05. The minimum atomic E-state index is -1.04. The van der Waals surface area contributed by atoms with Crippen molar-refractivity contribution in [2.24, 2.45) is 0 Å². The van der Waals surface area contributed by atoms with Crippen molar-refractivity contribution in [2.45, 2.75) is 30.8 Å². The number of carbonyl (C=O) groups is 2. The van der Waals surface area contributed by atoms with Gasteiger partial charge in [-0.3, -0.25) is 4.79 Å². The van der Waals surface area contributed by atoms with Gasteiger partial charge in [0.05, 0.1) is 17.1 Å². The highest BCUT2D eigenvalue weighted by molar-refractivity contribution is 9.10. The number of aliphatic hydroxyl groups is 1. The number of halogens is 1. The fraction of sp³-hybridized carbons (Fsp3) is 0.385. The van der Waals surface area contributed by atoms with E-state index in [0.29, 0.717) is 29.4 Å². The number of amides is 1. The van der Waals surface area contributed by atoms with E-state index >= 15 is 0 Å². The SMILES string of the molecule is O=C(O)c1cc(Br)c2c(c1)NC(=O)C21CCC(O)C1. The zero-order valence-corrected chi connectivity index (χ0v) is 11.5. The maximum Gasteiger partial charge on any atom is 0.335 e. The van der Waals surface area contributed by atoms with E-state index in [9.17, 15) is 14.7 Å². The van der Waals surface area contributed by atoms with Crippen LogP contribution in [0.4, 0.5) is 5.69 Å². The average Bonchev–Trinajstić information content (AvgIpc) is 2.83. The summed E-state index contributed by atoms with van der Waals surface area (Å²) in [5.74, 6) is -1.19. The first-order valence-corrected chi connectivity index (χ1v) is 6.80. The summed E-state index contributed by atoms with van der Waals surface area (Å²) in [6.45, 7) is 0. The first-order chi connectivity index (χ1) is 8.94. The minimum Gasteiger partial charge on any atom is -0.478 e. The number of rotatable bonds is 1. The number of anilines is 1. The summed E-state index contributed by atoms with van der Waals surface area (Å²) in [7, 11) is 0. The number of aliphatic hydroxyl groups excluding tert-OH is 1. The molecule has 3 rings (SSSR count). The molecule has 1 aliphatic carbocycles. The van der Waals surface area contributed by atoms with Crippen molar-refractivity contribution >= 4 is 33.5 Å². The van der Waals surface area contributed by atoms with Crippen molar-refractivity contribution < 1.29 is 19.8 Å². The molecule has 1 saturated carbocycles. The molecule has 1 fully saturated rings. The normalized spacial score (nSPS) is 28.5. The van der Waals surface area contributed by atoms with Crippen molar-refractivity contribution in [3.8, 4) is 0 Å². The molecule has 1 spiro atoms. The van der Waals surface area contributed by atoms with Gasteiger partial charge in [-0.15, -0.1) is 0 Å². The molecule has 1 amide bonds. The maximum absolute atomic E-state index is 12.2. The Morgan fingerprint density at radius 2 is 2.21 bits per heavy atom. The van der Waals surface area contributed by atoms with Gasteiger partial charge in [0.1, 0.15) is 0 Å². The van der Waals surface area contributed by atoms with Gasteiger partial charge in [-0.1, -0.05) is 15.9 Å². The molecule has 5 nitrogen and oxygen atoms in total. The fourth-order valence-electron chi connectivity index (χ4n) is 3.12. The molecule has 1 aliphatic heterocycles. The van der Waals surface area contributed by atoms with Crippen LogP contribution in [0.3, 0.4) is 0 Å². The Morgan fingerprint density at radius 1 is 1.47 bits per heavy atom. The summed E-state index contributed by atoms with van der Waals surface area (Å²) in [6, 6.07) is 2.98. The third-order valence-electron chi connectivity index (χ3n) is 3.99. The van der Waals surface area contributed by atoms with Crippen LogP contribution >= 0.6 is 15.9 Å². The predicted octanol–water partition coefficient (Wildman–Crippen LogP) is 1.88. The first-order valence-electron chi connectivity index (χ1n) is 6.01. The molecule has 0 aromatic heterocycles. The Bertz CT molecular complexity index is 601. The van der Waals surface area contributed by atoms with Crippen LogP contribution in [0.1, 0.15) is 35.2 Å². The molecule has 0 saturated heterocycles. The molecule has 0 radical (unpaired) electrons. The van der Waals surface area contributed by atoms with Crippen molar-refractivity contribution in [3.05, 3.63) is 27.7 Å². The van der Waals surface area contributed by atoms with Crippen LogP contribution in [0.5, 0.6) is 0 Å². The van der Waals surface area contributed by atoms with Gasteiger partial charge in [0.2, 0.25) is 5.91 Å². The average molecular weight is 326 g/mol. The van der Waals surface area contributed by atoms with Crippen molar-refractivity contribution in [3.63, 3.8) is 0 Å². The third kappa shape index (κ3) is 1.70. The molecule has 1 aromatic rings. The molecule has 1 heterocycles. The predicted molar refractivity (Wildman–Crippen MR) is 71.3 cm³/mol. The van der Waals surface area contributed by atoms with Crippen LogP contribution < -0.4 is 5.32 Å². The lowest BCUT2D eigenvalue weighted by molar-refractivity contribution is -0.120. The Balaban J connectivity index is 2.17. The van der Waals surface area contributed by atoms with Crippen LogP contribution in [0, 0.1) is 0 Å². The maximum atomic E-state index is 12.2. The summed E-state index contributed by atoms with van der Waals surface area (Å²) < 4.78 is 0.606. The topological polar surface area (TPSA) is 86.6 Å². The Hall–Kier alpha value is -1.40. The zero-order valence-electron chi connectivity index (χ0n) is 9.94. The van der Waals surface area contributed by atoms with E-state index in [2.05, 4.69) is 21.2 Å². The number of carboxylic acids is 1. The summed E-state index contributed by atoms with van der Waals surface area (Å²) >= 11 is 3.36.